The summed E-state index contributed by atoms with van der Waals surface area (Å²) in [7, 11) is -3.56. The molecular formula is C14H11FN2O2S2. The molecule has 0 aliphatic heterocycles. The van der Waals surface area contributed by atoms with Crippen molar-refractivity contribution in [1.29, 1.82) is 0 Å². The van der Waals surface area contributed by atoms with E-state index in [-0.39, 0.29) is 10.1 Å². The molecule has 0 saturated carbocycles. The van der Waals surface area contributed by atoms with Crippen LogP contribution in [0.2, 0.25) is 0 Å². The molecule has 7 heteroatoms. The number of hydrogen-bond acceptors (Lipinski definition) is 5. The van der Waals surface area contributed by atoms with Crippen LogP contribution in [0.4, 0.5) is 10.1 Å². The fraction of sp³-hybridized carbons (Fsp3) is 0.0714. The molecule has 0 radical (unpaired) electrons. The van der Waals surface area contributed by atoms with Crippen LogP contribution in [0.3, 0.4) is 0 Å². The minimum atomic E-state index is -3.56. The van der Waals surface area contributed by atoms with Crippen molar-refractivity contribution in [3.63, 3.8) is 0 Å². The first-order chi connectivity index (χ1) is 9.94. The number of sulfone groups is 1. The fourth-order valence-electron chi connectivity index (χ4n) is 1.91. The zero-order valence-corrected chi connectivity index (χ0v) is 12.4. The number of benzene rings is 2. The van der Waals surface area contributed by atoms with Gasteiger partial charge in [0.25, 0.3) is 0 Å². The highest BCUT2D eigenvalue weighted by Crippen LogP contribution is 2.29. The van der Waals surface area contributed by atoms with Gasteiger partial charge in [-0.05, 0) is 35.9 Å². The van der Waals surface area contributed by atoms with Gasteiger partial charge in [-0.3, -0.25) is 0 Å². The molecule has 2 N–H and O–H groups in total. The predicted octanol–water partition coefficient (Wildman–Crippen LogP) is 2.99. The Morgan fingerprint density at radius 1 is 1.14 bits per heavy atom. The van der Waals surface area contributed by atoms with Crippen molar-refractivity contribution in [3.8, 4) is 0 Å². The van der Waals surface area contributed by atoms with E-state index in [1.807, 2.05) is 0 Å². The molecule has 0 aliphatic rings. The van der Waals surface area contributed by atoms with E-state index >= 15 is 0 Å². The second-order valence-corrected chi connectivity index (χ2v) is 7.79. The minimum Gasteiger partial charge on any atom is -0.399 e. The molecule has 1 aromatic heterocycles. The Bertz CT molecular complexity index is 902. The molecule has 0 atom stereocenters. The van der Waals surface area contributed by atoms with Crippen LogP contribution in [-0.4, -0.2) is 13.4 Å². The Balaban J connectivity index is 1.97. The molecule has 3 aromatic rings. The SMILES string of the molecule is Nc1ccc2nc(S(=O)(=O)Cc3ccc(F)cc3)sc2c1. The normalized spacial score (nSPS) is 11.9. The summed E-state index contributed by atoms with van der Waals surface area (Å²) in [5.74, 6) is -0.602. The molecule has 0 saturated heterocycles. The largest absolute Gasteiger partial charge is 0.399 e. The lowest BCUT2D eigenvalue weighted by Gasteiger charge is -2.00. The summed E-state index contributed by atoms with van der Waals surface area (Å²) in [6.45, 7) is 0. The molecule has 2 aromatic carbocycles. The number of hydrogen-bond donors (Lipinski definition) is 1. The highest BCUT2D eigenvalue weighted by Gasteiger charge is 2.20. The van der Waals surface area contributed by atoms with Gasteiger partial charge < -0.3 is 5.73 Å². The lowest BCUT2D eigenvalue weighted by atomic mass is 10.2. The van der Waals surface area contributed by atoms with Gasteiger partial charge in [0.15, 0.2) is 0 Å². The molecule has 0 unspecified atom stereocenters. The molecule has 0 aliphatic carbocycles. The zero-order chi connectivity index (χ0) is 15.0. The van der Waals surface area contributed by atoms with E-state index < -0.39 is 15.7 Å². The summed E-state index contributed by atoms with van der Waals surface area (Å²) in [5.41, 5.74) is 7.36. The lowest BCUT2D eigenvalue weighted by molar-refractivity contribution is 0.594. The summed E-state index contributed by atoms with van der Waals surface area (Å²) in [6.07, 6.45) is 0. The maximum absolute atomic E-state index is 12.8. The number of aromatic nitrogens is 1. The van der Waals surface area contributed by atoms with Gasteiger partial charge in [-0.2, -0.15) is 0 Å². The average Bonchev–Trinajstić information content (AvgIpc) is 2.85. The van der Waals surface area contributed by atoms with Gasteiger partial charge in [-0.1, -0.05) is 12.1 Å². The number of halogens is 1. The third-order valence-corrected chi connectivity index (χ3v) is 6.09. The van der Waals surface area contributed by atoms with Crippen LogP contribution in [0.1, 0.15) is 5.56 Å². The van der Waals surface area contributed by atoms with Crippen LogP contribution in [0.15, 0.2) is 46.8 Å². The Labute approximate surface area is 125 Å². The van der Waals surface area contributed by atoms with E-state index in [9.17, 15) is 12.8 Å². The van der Waals surface area contributed by atoms with Crippen LogP contribution >= 0.6 is 11.3 Å². The van der Waals surface area contributed by atoms with E-state index in [4.69, 9.17) is 5.73 Å². The third-order valence-electron chi connectivity index (χ3n) is 2.93. The molecule has 0 spiro atoms. The van der Waals surface area contributed by atoms with Crippen molar-refractivity contribution in [2.24, 2.45) is 0 Å². The van der Waals surface area contributed by atoms with Crippen molar-refractivity contribution in [3.05, 3.63) is 53.8 Å². The Hall–Kier alpha value is -1.99. The first-order valence-electron chi connectivity index (χ1n) is 6.07. The number of nitrogen functional groups attached to an aromatic ring is 1. The topological polar surface area (TPSA) is 73.0 Å². The first kappa shape index (κ1) is 14.0. The van der Waals surface area contributed by atoms with E-state index in [1.165, 1.54) is 24.3 Å². The summed E-state index contributed by atoms with van der Waals surface area (Å²) in [4.78, 5) is 4.14. The van der Waals surface area contributed by atoms with Gasteiger partial charge in [0.2, 0.25) is 14.2 Å². The number of anilines is 1. The molecule has 0 amide bonds. The lowest BCUT2D eigenvalue weighted by Crippen LogP contribution is -2.04. The van der Waals surface area contributed by atoms with Crippen molar-refractivity contribution in [2.45, 2.75) is 10.1 Å². The smallest absolute Gasteiger partial charge is 0.210 e. The van der Waals surface area contributed by atoms with Gasteiger partial charge in [0.1, 0.15) is 5.82 Å². The van der Waals surface area contributed by atoms with Crippen molar-refractivity contribution >= 4 is 37.1 Å². The predicted molar refractivity (Wildman–Crippen MR) is 81.3 cm³/mol. The second kappa shape index (κ2) is 5.09. The number of thiazole rings is 1. The van der Waals surface area contributed by atoms with E-state index in [0.29, 0.717) is 16.8 Å². The van der Waals surface area contributed by atoms with Gasteiger partial charge in [0.05, 0.1) is 16.0 Å². The molecule has 1 heterocycles. The number of nitrogens with zero attached hydrogens (tertiary/aromatic N) is 1. The van der Waals surface area contributed by atoms with E-state index in [0.717, 1.165) is 16.0 Å². The Morgan fingerprint density at radius 2 is 1.86 bits per heavy atom. The Kier molecular flexibility index (Phi) is 3.38. The van der Waals surface area contributed by atoms with Crippen LogP contribution in [0.5, 0.6) is 0 Å². The highest BCUT2D eigenvalue weighted by atomic mass is 32.2. The first-order valence-corrected chi connectivity index (χ1v) is 8.54. The average molecular weight is 322 g/mol. The molecule has 21 heavy (non-hydrogen) atoms. The van der Waals surface area contributed by atoms with Crippen molar-refractivity contribution in [1.82, 2.24) is 4.98 Å². The highest BCUT2D eigenvalue weighted by molar-refractivity contribution is 7.92. The second-order valence-electron chi connectivity index (χ2n) is 4.59. The van der Waals surface area contributed by atoms with Gasteiger partial charge >= 0.3 is 0 Å². The van der Waals surface area contributed by atoms with Gasteiger partial charge in [-0.25, -0.2) is 17.8 Å². The molecular weight excluding hydrogens is 311 g/mol. The quantitative estimate of drug-likeness (QED) is 0.752. The molecule has 0 bridgehead atoms. The standard InChI is InChI=1S/C14H11FN2O2S2/c15-10-3-1-9(2-4-10)8-21(18,19)14-17-12-6-5-11(16)7-13(12)20-14/h1-7H,8,16H2. The third kappa shape index (κ3) is 2.88. The molecule has 108 valence electrons. The van der Waals surface area contributed by atoms with Crippen LogP contribution in [0.25, 0.3) is 10.2 Å². The summed E-state index contributed by atoms with van der Waals surface area (Å²) < 4.78 is 38.4. The monoisotopic (exact) mass is 322 g/mol. The van der Waals surface area contributed by atoms with E-state index in [2.05, 4.69) is 4.98 Å². The van der Waals surface area contributed by atoms with Gasteiger partial charge in [-0.15, -0.1) is 11.3 Å². The van der Waals surface area contributed by atoms with Crippen LogP contribution < -0.4 is 5.73 Å². The van der Waals surface area contributed by atoms with E-state index in [1.54, 1.807) is 18.2 Å². The molecule has 3 rings (SSSR count). The summed E-state index contributed by atoms with van der Waals surface area (Å²) in [6, 6.07) is 10.5. The summed E-state index contributed by atoms with van der Waals surface area (Å²) in [5, 5.41) is 0. The molecule has 4 nitrogen and oxygen atoms in total. The number of fused-ring (bicyclic) bond motifs is 1. The zero-order valence-electron chi connectivity index (χ0n) is 10.8. The van der Waals surface area contributed by atoms with Crippen molar-refractivity contribution < 1.29 is 12.8 Å². The van der Waals surface area contributed by atoms with Gasteiger partial charge in [0, 0.05) is 5.69 Å². The Morgan fingerprint density at radius 3 is 2.57 bits per heavy atom. The maximum atomic E-state index is 12.8. The van der Waals surface area contributed by atoms with Crippen LogP contribution in [-0.2, 0) is 15.6 Å². The maximum Gasteiger partial charge on any atom is 0.210 e. The number of rotatable bonds is 3. The van der Waals surface area contributed by atoms with Crippen molar-refractivity contribution in [2.75, 3.05) is 5.73 Å². The van der Waals surface area contributed by atoms with Crippen LogP contribution in [0, 0.1) is 5.82 Å². The fourth-order valence-corrected chi connectivity index (χ4v) is 4.61. The number of nitrogens with two attached hydrogens (primary N) is 1. The molecule has 0 fully saturated rings. The summed E-state index contributed by atoms with van der Waals surface area (Å²) >= 11 is 1.09. The minimum absolute atomic E-state index is 0.0485.